The van der Waals surface area contributed by atoms with Gasteiger partial charge in [-0.25, -0.2) is 18.7 Å². The van der Waals surface area contributed by atoms with Crippen LogP contribution in [0, 0.1) is 17.1 Å². The van der Waals surface area contributed by atoms with Crippen molar-refractivity contribution < 1.29 is 33.3 Å². The molecule has 11 nitrogen and oxygen atoms in total. The third-order valence-corrected chi connectivity index (χ3v) is 6.00. The van der Waals surface area contributed by atoms with E-state index >= 15 is 4.39 Å². The fourth-order valence-electron chi connectivity index (χ4n) is 3.52. The van der Waals surface area contributed by atoms with Gasteiger partial charge in [0.15, 0.2) is 17.2 Å². The first-order valence-electron chi connectivity index (χ1n) is 10.7. The molecule has 0 saturated heterocycles. The Labute approximate surface area is 227 Å². The van der Waals surface area contributed by atoms with E-state index in [1.165, 1.54) is 30.5 Å². The molecule has 4 aromatic rings. The minimum atomic E-state index is -1.57. The highest BCUT2D eigenvalue weighted by Gasteiger charge is 2.29. The third-order valence-electron chi connectivity index (χ3n) is 5.15. The molecule has 194 valence electrons. The van der Waals surface area contributed by atoms with Crippen molar-refractivity contribution in [3.63, 3.8) is 0 Å². The maximum absolute atomic E-state index is 15.7. The van der Waals surface area contributed by atoms with Gasteiger partial charge in [-0.1, -0.05) is 17.7 Å². The molecule has 1 N–H and O–H groups in total. The monoisotopic (exact) mass is 603 g/mol. The first-order valence-corrected chi connectivity index (χ1v) is 11.8. The summed E-state index contributed by atoms with van der Waals surface area (Å²) in [7, 11) is 1.11. The van der Waals surface area contributed by atoms with E-state index in [9.17, 15) is 14.9 Å². The Balaban J connectivity index is 1.73. The molecule has 0 fully saturated rings. The SMILES string of the molecule is COC(=O)C(OCC(=O)O)n1nc(Cc2ccc(Br)c(Oc3cc(Cl)cc(C#N)c3)c2F)c2ccnnc21. The van der Waals surface area contributed by atoms with Gasteiger partial charge in [0.25, 0.3) is 6.23 Å². The topological polar surface area (TPSA) is 149 Å². The molecule has 2 heterocycles. The predicted molar refractivity (Wildman–Crippen MR) is 133 cm³/mol. The van der Waals surface area contributed by atoms with E-state index in [4.69, 9.17) is 30.9 Å². The molecule has 0 radical (unpaired) electrons. The van der Waals surface area contributed by atoms with Crippen LogP contribution in [0.3, 0.4) is 0 Å². The number of benzene rings is 2. The Bertz CT molecular complexity index is 1590. The summed E-state index contributed by atoms with van der Waals surface area (Å²) in [5.41, 5.74) is 0.809. The lowest BCUT2D eigenvalue weighted by atomic mass is 10.1. The van der Waals surface area contributed by atoms with Crippen LogP contribution < -0.4 is 4.74 Å². The van der Waals surface area contributed by atoms with Crippen molar-refractivity contribution >= 4 is 50.5 Å². The minimum absolute atomic E-state index is 0.0729. The van der Waals surface area contributed by atoms with Crippen LogP contribution in [0.25, 0.3) is 11.0 Å². The fraction of sp³-hybridized carbons (Fsp3) is 0.167. The van der Waals surface area contributed by atoms with Gasteiger partial charge in [0, 0.05) is 16.8 Å². The van der Waals surface area contributed by atoms with Gasteiger partial charge >= 0.3 is 11.9 Å². The summed E-state index contributed by atoms with van der Waals surface area (Å²) in [6.07, 6.45) is -0.257. The molecular weight excluding hydrogens is 589 g/mol. The minimum Gasteiger partial charge on any atom is -0.480 e. The average molecular weight is 605 g/mol. The number of esters is 1. The lowest BCUT2D eigenvalue weighted by molar-refractivity contribution is -0.166. The normalized spacial score (nSPS) is 11.7. The van der Waals surface area contributed by atoms with Crippen molar-refractivity contribution in [2.75, 3.05) is 13.7 Å². The van der Waals surface area contributed by atoms with Gasteiger partial charge in [-0.15, -0.1) is 5.10 Å². The van der Waals surface area contributed by atoms with Gasteiger partial charge < -0.3 is 19.3 Å². The highest BCUT2D eigenvalue weighted by atomic mass is 79.9. The van der Waals surface area contributed by atoms with Crippen molar-refractivity contribution in [2.24, 2.45) is 0 Å². The standard InChI is InChI=1S/C24H16BrClFN5O6/c1-36-24(35)23(37-11-19(33)34)32-22-16(4-5-29-30-22)18(31-32)8-13-2-3-17(25)21(20(13)27)38-15-7-12(10-28)6-14(26)9-15/h2-7,9,23H,8,11H2,1H3,(H,33,34). The Kier molecular flexibility index (Phi) is 8.16. The smallest absolute Gasteiger partial charge is 0.358 e. The average Bonchev–Trinajstić information content (AvgIpc) is 3.25. The number of halogens is 3. The lowest BCUT2D eigenvalue weighted by Gasteiger charge is -2.15. The van der Waals surface area contributed by atoms with Crippen LogP contribution in [-0.2, 0) is 25.5 Å². The molecule has 1 atom stereocenters. The quantitative estimate of drug-likeness (QED) is 0.272. The maximum atomic E-state index is 15.7. The second-order valence-corrected chi connectivity index (χ2v) is 8.95. The number of ether oxygens (including phenoxy) is 3. The second kappa shape index (κ2) is 11.5. The van der Waals surface area contributed by atoms with E-state index in [0.29, 0.717) is 15.6 Å². The van der Waals surface area contributed by atoms with E-state index in [1.807, 2.05) is 6.07 Å². The molecule has 0 aliphatic carbocycles. The number of nitrogens with zero attached hydrogens (tertiary/aromatic N) is 5. The number of fused-ring (bicyclic) bond motifs is 1. The molecule has 0 aliphatic heterocycles. The van der Waals surface area contributed by atoms with Crippen molar-refractivity contribution in [3.8, 4) is 17.6 Å². The highest BCUT2D eigenvalue weighted by molar-refractivity contribution is 9.10. The number of aromatic nitrogens is 4. The Hall–Kier alpha value is -4.12. The number of aliphatic carboxylic acids is 1. The summed E-state index contributed by atoms with van der Waals surface area (Å²) in [5.74, 6) is -2.93. The van der Waals surface area contributed by atoms with Gasteiger partial charge in [0.2, 0.25) is 0 Å². The number of carbonyl (C=O) groups is 2. The van der Waals surface area contributed by atoms with Crippen molar-refractivity contribution in [1.29, 1.82) is 5.26 Å². The Morgan fingerprint density at radius 2 is 2.08 bits per heavy atom. The molecular formula is C24H16BrClFN5O6. The number of carboxylic acids is 1. The first-order chi connectivity index (χ1) is 18.2. The molecule has 0 saturated carbocycles. The summed E-state index contributed by atoms with van der Waals surface area (Å²) in [4.78, 5) is 23.4. The van der Waals surface area contributed by atoms with Gasteiger partial charge in [-0.05, 0) is 51.8 Å². The second-order valence-electron chi connectivity index (χ2n) is 7.66. The molecule has 2 aromatic carbocycles. The number of carbonyl (C=O) groups excluding carboxylic acids is 1. The Morgan fingerprint density at radius 3 is 2.79 bits per heavy atom. The van der Waals surface area contributed by atoms with Crippen LogP contribution >= 0.6 is 27.5 Å². The third kappa shape index (κ3) is 5.72. The molecule has 1 unspecified atom stereocenters. The highest BCUT2D eigenvalue weighted by Crippen LogP contribution is 2.36. The predicted octanol–water partition coefficient (Wildman–Crippen LogP) is 4.41. The zero-order valence-corrected chi connectivity index (χ0v) is 21.7. The summed E-state index contributed by atoms with van der Waals surface area (Å²) in [5, 5.41) is 31.0. The van der Waals surface area contributed by atoms with E-state index in [1.54, 1.807) is 12.1 Å². The zero-order valence-electron chi connectivity index (χ0n) is 19.4. The van der Waals surface area contributed by atoms with E-state index in [-0.39, 0.29) is 39.7 Å². The van der Waals surface area contributed by atoms with E-state index in [0.717, 1.165) is 11.8 Å². The van der Waals surface area contributed by atoms with Crippen LogP contribution in [0.1, 0.15) is 23.0 Å². The number of hydrogen-bond acceptors (Lipinski definition) is 9. The van der Waals surface area contributed by atoms with E-state index in [2.05, 4.69) is 31.2 Å². The van der Waals surface area contributed by atoms with E-state index < -0.39 is 30.6 Å². The summed E-state index contributed by atoms with van der Waals surface area (Å²) < 4.78 is 32.7. The van der Waals surface area contributed by atoms with Gasteiger partial charge in [-0.3, -0.25) is 0 Å². The number of nitriles is 1. The van der Waals surface area contributed by atoms with Gasteiger partial charge in [-0.2, -0.15) is 15.5 Å². The first kappa shape index (κ1) is 26.9. The van der Waals surface area contributed by atoms with Crippen LogP contribution in [0.15, 0.2) is 47.1 Å². The molecule has 14 heteroatoms. The van der Waals surface area contributed by atoms with Crippen molar-refractivity contribution in [3.05, 3.63) is 74.7 Å². The maximum Gasteiger partial charge on any atom is 0.358 e. The number of rotatable bonds is 9. The molecule has 0 bridgehead atoms. The molecule has 0 aliphatic rings. The zero-order chi connectivity index (χ0) is 27.4. The molecule has 0 amide bonds. The lowest BCUT2D eigenvalue weighted by Crippen LogP contribution is -2.27. The van der Waals surface area contributed by atoms with Crippen molar-refractivity contribution in [1.82, 2.24) is 20.0 Å². The summed E-state index contributed by atoms with van der Waals surface area (Å²) in [6, 6.07) is 10.9. The number of carboxylic acid groups (broad SMARTS) is 1. The molecule has 4 rings (SSSR count). The van der Waals surface area contributed by atoms with Crippen LogP contribution in [0.4, 0.5) is 4.39 Å². The van der Waals surface area contributed by atoms with Crippen LogP contribution in [0.2, 0.25) is 5.02 Å². The number of methoxy groups -OCH3 is 1. The summed E-state index contributed by atoms with van der Waals surface area (Å²) in [6.45, 7) is -0.810. The van der Waals surface area contributed by atoms with Crippen molar-refractivity contribution in [2.45, 2.75) is 12.6 Å². The largest absolute Gasteiger partial charge is 0.480 e. The van der Waals surface area contributed by atoms with Gasteiger partial charge in [0.05, 0.1) is 35.1 Å². The van der Waals surface area contributed by atoms with Gasteiger partial charge in [0.1, 0.15) is 12.4 Å². The molecule has 38 heavy (non-hydrogen) atoms. The molecule has 0 spiro atoms. The number of hydrogen-bond donors (Lipinski definition) is 1. The molecule has 2 aromatic heterocycles. The van der Waals surface area contributed by atoms with Crippen LogP contribution in [-0.4, -0.2) is 50.7 Å². The summed E-state index contributed by atoms with van der Waals surface area (Å²) >= 11 is 9.31. The van der Waals surface area contributed by atoms with Crippen LogP contribution in [0.5, 0.6) is 11.5 Å². The Morgan fingerprint density at radius 1 is 1.29 bits per heavy atom. The fourth-order valence-corrected chi connectivity index (χ4v) is 4.13.